The Morgan fingerprint density at radius 3 is 3.05 bits per heavy atom. The molecule has 0 unspecified atom stereocenters. The predicted octanol–water partition coefficient (Wildman–Crippen LogP) is 1.91. The number of rotatable bonds is 6. The predicted molar refractivity (Wildman–Crippen MR) is 80.3 cm³/mol. The monoisotopic (exact) mass is 293 g/mol. The molecule has 0 aromatic carbocycles. The molecule has 20 heavy (non-hydrogen) atoms. The summed E-state index contributed by atoms with van der Waals surface area (Å²) in [6.45, 7) is 4.43. The number of carbonyl (C=O) groups excluding carboxylic acids is 1. The number of hydrogen-bond acceptors (Lipinski definition) is 4. The maximum absolute atomic E-state index is 12.0. The van der Waals surface area contributed by atoms with Crippen LogP contribution in [-0.4, -0.2) is 21.8 Å². The number of amides is 1. The van der Waals surface area contributed by atoms with Crippen LogP contribution >= 0.6 is 11.3 Å². The van der Waals surface area contributed by atoms with Crippen LogP contribution < -0.4 is 10.9 Å². The normalized spacial score (nSPS) is 10.9. The van der Waals surface area contributed by atoms with Crippen LogP contribution in [0.4, 0.5) is 0 Å². The fraction of sp³-hybridized carbons (Fsp3) is 0.500. The fourth-order valence-corrected chi connectivity index (χ4v) is 2.99. The quantitative estimate of drug-likeness (QED) is 0.885. The zero-order valence-corrected chi connectivity index (χ0v) is 12.6. The summed E-state index contributed by atoms with van der Waals surface area (Å²) in [5.41, 5.74) is 1.58. The Balaban J connectivity index is 2.01. The summed E-state index contributed by atoms with van der Waals surface area (Å²) in [7, 11) is 0. The lowest BCUT2D eigenvalue weighted by molar-refractivity contribution is -0.121. The van der Waals surface area contributed by atoms with Gasteiger partial charge in [-0.05, 0) is 13.3 Å². The lowest BCUT2D eigenvalue weighted by Crippen LogP contribution is -2.26. The van der Waals surface area contributed by atoms with E-state index in [4.69, 9.17) is 0 Å². The van der Waals surface area contributed by atoms with Crippen molar-refractivity contribution in [3.8, 4) is 0 Å². The summed E-state index contributed by atoms with van der Waals surface area (Å²) < 4.78 is 1.62. The summed E-state index contributed by atoms with van der Waals surface area (Å²) in [5, 5.41) is 4.81. The number of thiazole rings is 1. The third kappa shape index (κ3) is 3.45. The number of fused-ring (bicyclic) bond motifs is 1. The van der Waals surface area contributed by atoms with E-state index in [0.717, 1.165) is 24.2 Å². The molecule has 5 nitrogen and oxygen atoms in total. The van der Waals surface area contributed by atoms with Crippen LogP contribution in [0.25, 0.3) is 4.96 Å². The van der Waals surface area contributed by atoms with Crippen LogP contribution in [0, 0.1) is 6.92 Å². The molecule has 0 aliphatic carbocycles. The van der Waals surface area contributed by atoms with Crippen molar-refractivity contribution in [2.45, 2.75) is 39.5 Å². The second-order valence-electron chi connectivity index (χ2n) is 4.78. The third-order valence-electron chi connectivity index (χ3n) is 3.06. The van der Waals surface area contributed by atoms with E-state index in [1.807, 2.05) is 12.3 Å². The summed E-state index contributed by atoms with van der Waals surface area (Å²) in [6.07, 6.45) is 3.14. The van der Waals surface area contributed by atoms with Crippen molar-refractivity contribution in [3.05, 3.63) is 33.2 Å². The lowest BCUT2D eigenvalue weighted by Gasteiger charge is -2.04. The van der Waals surface area contributed by atoms with E-state index in [9.17, 15) is 9.59 Å². The fourth-order valence-electron chi connectivity index (χ4n) is 2.01. The van der Waals surface area contributed by atoms with E-state index in [-0.39, 0.29) is 11.5 Å². The smallest absolute Gasteiger partial charge is 0.258 e. The first-order chi connectivity index (χ1) is 9.61. The molecule has 2 aromatic rings. The Morgan fingerprint density at radius 1 is 1.50 bits per heavy atom. The molecule has 6 heteroatoms. The van der Waals surface area contributed by atoms with Gasteiger partial charge in [-0.1, -0.05) is 13.3 Å². The van der Waals surface area contributed by atoms with Gasteiger partial charge in [-0.25, -0.2) is 4.98 Å². The number of carbonyl (C=O) groups is 1. The highest BCUT2D eigenvalue weighted by Gasteiger charge is 2.08. The molecule has 0 saturated heterocycles. The summed E-state index contributed by atoms with van der Waals surface area (Å²) in [6, 6.07) is 1.53. The van der Waals surface area contributed by atoms with Gasteiger partial charge in [-0.3, -0.25) is 14.0 Å². The van der Waals surface area contributed by atoms with Crippen LogP contribution in [-0.2, 0) is 11.2 Å². The van der Waals surface area contributed by atoms with Gasteiger partial charge in [0.05, 0.1) is 0 Å². The van der Waals surface area contributed by atoms with E-state index in [2.05, 4.69) is 17.2 Å². The Bertz CT molecular complexity index is 660. The highest BCUT2D eigenvalue weighted by molar-refractivity contribution is 7.15. The Morgan fingerprint density at radius 2 is 2.30 bits per heavy atom. The summed E-state index contributed by atoms with van der Waals surface area (Å²) in [5.74, 6) is 0.0766. The first kappa shape index (κ1) is 14.7. The Kier molecular flexibility index (Phi) is 4.89. The molecule has 0 bridgehead atoms. The molecule has 2 heterocycles. The molecule has 2 aromatic heterocycles. The molecule has 0 spiro atoms. The van der Waals surface area contributed by atoms with Gasteiger partial charge < -0.3 is 5.32 Å². The van der Waals surface area contributed by atoms with Gasteiger partial charge in [-0.15, -0.1) is 11.3 Å². The molecule has 2 rings (SSSR count). The molecule has 1 amide bonds. The SMILES string of the molecule is CCCCC(=O)NCCc1csc2nc(C)cc(=O)n12. The van der Waals surface area contributed by atoms with Crippen molar-refractivity contribution in [2.24, 2.45) is 0 Å². The van der Waals surface area contributed by atoms with Gasteiger partial charge in [0, 0.05) is 42.2 Å². The van der Waals surface area contributed by atoms with Crippen molar-refractivity contribution in [1.29, 1.82) is 0 Å². The van der Waals surface area contributed by atoms with Gasteiger partial charge in [0.2, 0.25) is 5.91 Å². The summed E-state index contributed by atoms with van der Waals surface area (Å²) in [4.78, 5) is 28.5. The molecular formula is C14H19N3O2S. The number of unbranched alkanes of at least 4 members (excludes halogenated alkanes) is 1. The molecule has 1 N–H and O–H groups in total. The van der Waals surface area contributed by atoms with Crippen molar-refractivity contribution in [3.63, 3.8) is 0 Å². The molecule has 0 aliphatic rings. The van der Waals surface area contributed by atoms with Crippen molar-refractivity contribution in [2.75, 3.05) is 6.54 Å². The highest BCUT2D eigenvalue weighted by atomic mass is 32.1. The molecular weight excluding hydrogens is 274 g/mol. The van der Waals surface area contributed by atoms with E-state index in [1.54, 1.807) is 4.40 Å². The van der Waals surface area contributed by atoms with Crippen LogP contribution in [0.5, 0.6) is 0 Å². The lowest BCUT2D eigenvalue weighted by atomic mass is 10.2. The zero-order valence-electron chi connectivity index (χ0n) is 11.8. The molecule has 0 fully saturated rings. The second-order valence-corrected chi connectivity index (χ2v) is 5.62. The molecule has 0 atom stereocenters. The first-order valence-electron chi connectivity index (χ1n) is 6.85. The number of nitrogens with one attached hydrogen (secondary N) is 1. The highest BCUT2D eigenvalue weighted by Crippen LogP contribution is 2.12. The van der Waals surface area contributed by atoms with E-state index in [1.165, 1.54) is 17.4 Å². The minimum absolute atomic E-state index is 0.0546. The van der Waals surface area contributed by atoms with Gasteiger partial charge in [0.15, 0.2) is 4.96 Å². The van der Waals surface area contributed by atoms with E-state index in [0.29, 0.717) is 24.3 Å². The molecule has 0 radical (unpaired) electrons. The average Bonchev–Trinajstić information content (AvgIpc) is 2.79. The third-order valence-corrected chi connectivity index (χ3v) is 3.94. The second kappa shape index (κ2) is 6.65. The zero-order chi connectivity index (χ0) is 14.5. The molecule has 108 valence electrons. The van der Waals surface area contributed by atoms with Crippen LogP contribution in [0.15, 0.2) is 16.2 Å². The number of aromatic nitrogens is 2. The van der Waals surface area contributed by atoms with E-state index >= 15 is 0 Å². The van der Waals surface area contributed by atoms with Crippen LogP contribution in [0.3, 0.4) is 0 Å². The maximum Gasteiger partial charge on any atom is 0.258 e. The number of nitrogens with zero attached hydrogens (tertiary/aromatic N) is 2. The van der Waals surface area contributed by atoms with Crippen LogP contribution in [0.2, 0.25) is 0 Å². The average molecular weight is 293 g/mol. The number of aryl methyl sites for hydroxylation is 1. The minimum Gasteiger partial charge on any atom is -0.356 e. The van der Waals surface area contributed by atoms with Gasteiger partial charge >= 0.3 is 0 Å². The topological polar surface area (TPSA) is 63.5 Å². The molecule has 0 aliphatic heterocycles. The Labute approximate surface area is 121 Å². The first-order valence-corrected chi connectivity index (χ1v) is 7.73. The van der Waals surface area contributed by atoms with Gasteiger partial charge in [-0.2, -0.15) is 0 Å². The summed E-state index contributed by atoms with van der Waals surface area (Å²) >= 11 is 1.45. The Hall–Kier alpha value is -1.69. The maximum atomic E-state index is 12.0. The van der Waals surface area contributed by atoms with Crippen molar-refractivity contribution >= 4 is 22.2 Å². The van der Waals surface area contributed by atoms with Crippen molar-refractivity contribution < 1.29 is 4.79 Å². The standard InChI is InChI=1S/C14H19N3O2S/c1-3-4-5-12(18)15-7-6-11-9-20-14-16-10(2)8-13(19)17(11)14/h8-9H,3-7H2,1-2H3,(H,15,18). The molecule has 0 saturated carbocycles. The van der Waals surface area contributed by atoms with Crippen molar-refractivity contribution in [1.82, 2.24) is 14.7 Å². The van der Waals surface area contributed by atoms with Crippen LogP contribution in [0.1, 0.15) is 37.6 Å². The number of hydrogen-bond donors (Lipinski definition) is 1. The van der Waals surface area contributed by atoms with Gasteiger partial charge in [0.25, 0.3) is 5.56 Å². The minimum atomic E-state index is -0.0546. The van der Waals surface area contributed by atoms with E-state index < -0.39 is 0 Å². The van der Waals surface area contributed by atoms with Gasteiger partial charge in [0.1, 0.15) is 0 Å². The largest absolute Gasteiger partial charge is 0.356 e.